The summed E-state index contributed by atoms with van der Waals surface area (Å²) in [5, 5.41) is 3.21. The average Bonchev–Trinajstić information content (AvgIpc) is 2.54. The molecule has 0 aromatic heterocycles. The van der Waals surface area contributed by atoms with Gasteiger partial charge in [0.25, 0.3) is 0 Å². The molecular weight excluding hydrogens is 407 g/mol. The summed E-state index contributed by atoms with van der Waals surface area (Å²) in [6.45, 7) is 0.370. The van der Waals surface area contributed by atoms with Crippen LogP contribution in [0.4, 0.5) is 14.5 Å². The van der Waals surface area contributed by atoms with Gasteiger partial charge in [-0.05, 0) is 76.2 Å². The van der Waals surface area contributed by atoms with E-state index >= 15 is 0 Å². The highest BCUT2D eigenvalue weighted by Crippen LogP contribution is 2.23. The molecule has 0 fully saturated rings. The van der Waals surface area contributed by atoms with Gasteiger partial charge in [-0.3, -0.25) is 0 Å². The predicted molar refractivity (Wildman–Crippen MR) is 98.3 cm³/mol. The van der Waals surface area contributed by atoms with Crippen molar-refractivity contribution in [2.24, 2.45) is 0 Å². The van der Waals surface area contributed by atoms with Crippen LogP contribution in [-0.4, -0.2) is 0 Å². The minimum absolute atomic E-state index is 0.275. The number of benzene rings is 3. The van der Waals surface area contributed by atoms with Crippen molar-refractivity contribution in [3.05, 3.63) is 87.5 Å². The molecule has 116 valence electrons. The Labute approximate surface area is 147 Å². The number of anilines is 1. The molecule has 0 unspecified atom stereocenters. The Morgan fingerprint density at radius 1 is 0.826 bits per heavy atom. The Bertz CT molecular complexity index is 833. The largest absolute Gasteiger partial charge is 0.381 e. The second kappa shape index (κ2) is 7.08. The van der Waals surface area contributed by atoms with E-state index < -0.39 is 0 Å². The minimum atomic E-state index is -0.301. The Hall–Kier alpha value is -1.95. The number of halogens is 3. The van der Waals surface area contributed by atoms with E-state index in [1.807, 2.05) is 30.3 Å². The first-order valence-electron chi connectivity index (χ1n) is 7.15. The summed E-state index contributed by atoms with van der Waals surface area (Å²) in [6, 6.07) is 19.0. The van der Waals surface area contributed by atoms with Gasteiger partial charge in [0.05, 0.1) is 0 Å². The maximum absolute atomic E-state index is 14.0. The Morgan fingerprint density at radius 3 is 2.39 bits per heavy atom. The molecular formula is C19H14F2IN. The van der Waals surface area contributed by atoms with Crippen molar-refractivity contribution >= 4 is 28.3 Å². The fourth-order valence-electron chi connectivity index (χ4n) is 2.35. The lowest BCUT2D eigenvalue weighted by Gasteiger charge is -2.10. The van der Waals surface area contributed by atoms with Gasteiger partial charge in [0.2, 0.25) is 0 Å². The Morgan fingerprint density at radius 2 is 1.61 bits per heavy atom. The van der Waals surface area contributed by atoms with Crippen molar-refractivity contribution < 1.29 is 8.78 Å². The van der Waals surface area contributed by atoms with Gasteiger partial charge in [-0.25, -0.2) is 8.78 Å². The zero-order valence-electron chi connectivity index (χ0n) is 12.2. The van der Waals surface area contributed by atoms with Crippen molar-refractivity contribution in [1.82, 2.24) is 0 Å². The lowest BCUT2D eigenvalue weighted by atomic mass is 10.0. The number of hydrogen-bond donors (Lipinski definition) is 1. The monoisotopic (exact) mass is 421 g/mol. The number of nitrogens with one attached hydrogen (secondary N) is 1. The Balaban J connectivity index is 1.83. The van der Waals surface area contributed by atoms with Gasteiger partial charge in [-0.15, -0.1) is 0 Å². The maximum Gasteiger partial charge on any atom is 0.128 e. The van der Waals surface area contributed by atoms with Crippen molar-refractivity contribution in [3.63, 3.8) is 0 Å². The quantitative estimate of drug-likeness (QED) is 0.522. The summed E-state index contributed by atoms with van der Waals surface area (Å²) < 4.78 is 28.5. The van der Waals surface area contributed by atoms with E-state index in [4.69, 9.17) is 0 Å². The van der Waals surface area contributed by atoms with Crippen molar-refractivity contribution in [2.45, 2.75) is 6.54 Å². The molecule has 1 N–H and O–H groups in total. The first kappa shape index (κ1) is 15.9. The van der Waals surface area contributed by atoms with E-state index in [0.717, 1.165) is 20.4 Å². The van der Waals surface area contributed by atoms with E-state index in [1.54, 1.807) is 18.2 Å². The van der Waals surface area contributed by atoms with Gasteiger partial charge < -0.3 is 5.32 Å². The molecule has 3 rings (SSSR count). The molecule has 23 heavy (non-hydrogen) atoms. The summed E-state index contributed by atoms with van der Waals surface area (Å²) in [6.07, 6.45) is 0. The normalized spacial score (nSPS) is 10.6. The zero-order valence-corrected chi connectivity index (χ0v) is 14.3. The molecule has 0 spiro atoms. The van der Waals surface area contributed by atoms with E-state index in [0.29, 0.717) is 12.1 Å². The molecule has 0 bridgehead atoms. The molecule has 0 amide bonds. The first-order chi connectivity index (χ1) is 11.1. The highest BCUT2D eigenvalue weighted by Gasteiger charge is 2.06. The second-order valence-corrected chi connectivity index (χ2v) is 6.43. The molecule has 0 atom stereocenters. The molecule has 3 aromatic rings. The summed E-state index contributed by atoms with van der Waals surface area (Å²) in [5.41, 5.74) is 3.02. The molecule has 3 aromatic carbocycles. The van der Waals surface area contributed by atoms with Crippen molar-refractivity contribution in [2.75, 3.05) is 5.32 Å². The molecule has 0 saturated carbocycles. The summed E-state index contributed by atoms with van der Waals surface area (Å²) >= 11 is 2.23. The molecule has 0 saturated heterocycles. The third kappa shape index (κ3) is 4.07. The van der Waals surface area contributed by atoms with Crippen LogP contribution in [0.2, 0.25) is 0 Å². The average molecular weight is 421 g/mol. The third-order valence-corrected chi connectivity index (χ3v) is 4.18. The maximum atomic E-state index is 14.0. The van der Waals surface area contributed by atoms with Crippen LogP contribution < -0.4 is 5.32 Å². The lowest BCUT2D eigenvalue weighted by Crippen LogP contribution is -2.02. The van der Waals surface area contributed by atoms with Crippen LogP contribution in [-0.2, 0) is 6.54 Å². The summed E-state index contributed by atoms with van der Waals surface area (Å²) in [7, 11) is 0. The van der Waals surface area contributed by atoms with Gasteiger partial charge in [0, 0.05) is 21.4 Å². The molecule has 0 heterocycles. The molecule has 1 nitrogen and oxygen atoms in total. The van der Waals surface area contributed by atoms with E-state index in [9.17, 15) is 8.78 Å². The summed E-state index contributed by atoms with van der Waals surface area (Å²) in [4.78, 5) is 0. The molecule has 0 radical (unpaired) electrons. The topological polar surface area (TPSA) is 12.0 Å². The van der Waals surface area contributed by atoms with Gasteiger partial charge in [0.1, 0.15) is 11.6 Å². The fourth-order valence-corrected chi connectivity index (χ4v) is 2.90. The molecule has 0 aliphatic carbocycles. The van der Waals surface area contributed by atoms with Crippen LogP contribution in [0, 0.1) is 15.2 Å². The molecule has 4 heteroatoms. The SMILES string of the molecule is Fc1cccc(-c2ccc(F)c(CNc3cccc(I)c3)c2)c1. The smallest absolute Gasteiger partial charge is 0.128 e. The fraction of sp³-hybridized carbons (Fsp3) is 0.0526. The van der Waals surface area contributed by atoms with Crippen molar-refractivity contribution in [1.29, 1.82) is 0 Å². The van der Waals surface area contributed by atoms with Gasteiger partial charge in [0.15, 0.2) is 0 Å². The lowest BCUT2D eigenvalue weighted by molar-refractivity contribution is 0.613. The molecule has 0 aliphatic rings. The van der Waals surface area contributed by atoms with E-state index in [2.05, 4.69) is 27.9 Å². The standard InChI is InChI=1S/C19H14F2IN/c20-16-4-1-3-13(10-16)14-7-8-19(21)15(9-14)12-23-18-6-2-5-17(22)11-18/h1-11,23H,12H2. The van der Waals surface area contributed by atoms with Gasteiger partial charge in [-0.1, -0.05) is 24.3 Å². The van der Waals surface area contributed by atoms with Crippen LogP contribution >= 0.6 is 22.6 Å². The van der Waals surface area contributed by atoms with E-state index in [-0.39, 0.29) is 11.6 Å². The number of rotatable bonds is 4. The van der Waals surface area contributed by atoms with Gasteiger partial charge in [-0.2, -0.15) is 0 Å². The van der Waals surface area contributed by atoms with E-state index in [1.165, 1.54) is 18.2 Å². The van der Waals surface area contributed by atoms with Crippen LogP contribution in [0.1, 0.15) is 5.56 Å². The highest BCUT2D eigenvalue weighted by molar-refractivity contribution is 14.1. The molecule has 0 aliphatic heterocycles. The first-order valence-corrected chi connectivity index (χ1v) is 8.23. The predicted octanol–water partition coefficient (Wildman–Crippen LogP) is 5.85. The Kier molecular flexibility index (Phi) is 4.91. The van der Waals surface area contributed by atoms with Gasteiger partial charge >= 0.3 is 0 Å². The van der Waals surface area contributed by atoms with Crippen LogP contribution in [0.25, 0.3) is 11.1 Å². The zero-order chi connectivity index (χ0) is 16.2. The van der Waals surface area contributed by atoms with Crippen LogP contribution in [0.15, 0.2) is 66.7 Å². The van der Waals surface area contributed by atoms with Crippen LogP contribution in [0.3, 0.4) is 0 Å². The van der Waals surface area contributed by atoms with Crippen LogP contribution in [0.5, 0.6) is 0 Å². The third-order valence-electron chi connectivity index (χ3n) is 3.51. The number of hydrogen-bond acceptors (Lipinski definition) is 1. The second-order valence-electron chi connectivity index (χ2n) is 5.18. The summed E-state index contributed by atoms with van der Waals surface area (Å²) in [5.74, 6) is -0.575. The van der Waals surface area contributed by atoms with Crippen molar-refractivity contribution in [3.8, 4) is 11.1 Å². The highest BCUT2D eigenvalue weighted by atomic mass is 127. The minimum Gasteiger partial charge on any atom is -0.381 e.